The van der Waals surface area contributed by atoms with Gasteiger partial charge in [0.2, 0.25) is 5.95 Å². The Morgan fingerprint density at radius 3 is 2.71 bits per heavy atom. The lowest BCUT2D eigenvalue weighted by Gasteiger charge is -2.14. The van der Waals surface area contributed by atoms with Crippen LogP contribution in [-0.2, 0) is 0 Å². The van der Waals surface area contributed by atoms with Gasteiger partial charge in [0, 0.05) is 17.8 Å². The van der Waals surface area contributed by atoms with Gasteiger partial charge in [-0.3, -0.25) is 4.79 Å². The number of halogens is 4. The number of aliphatic hydroxyl groups excluding tert-OH is 1. The van der Waals surface area contributed by atoms with E-state index in [0.29, 0.717) is 0 Å². The Morgan fingerprint density at radius 2 is 2.18 bits per heavy atom. The Morgan fingerprint density at radius 1 is 1.53 bits per heavy atom. The summed E-state index contributed by atoms with van der Waals surface area (Å²) in [4.78, 5) is 14.4. The first-order valence-electron chi connectivity index (χ1n) is 4.45. The summed E-state index contributed by atoms with van der Waals surface area (Å²) in [7, 11) is 0. The zero-order chi connectivity index (χ0) is 13.1. The number of hydrogen-bond acceptors (Lipinski definition) is 3. The van der Waals surface area contributed by atoms with Gasteiger partial charge in [-0.15, -0.1) is 0 Å². The van der Waals surface area contributed by atoms with E-state index < -0.39 is 30.7 Å². The predicted molar refractivity (Wildman–Crippen MR) is 48.6 cm³/mol. The molecule has 0 radical (unpaired) electrons. The summed E-state index contributed by atoms with van der Waals surface area (Å²) in [5, 5.41) is 10.4. The van der Waals surface area contributed by atoms with Crippen LogP contribution in [0.15, 0.2) is 18.3 Å². The van der Waals surface area contributed by atoms with E-state index in [1.807, 2.05) is 5.32 Å². The van der Waals surface area contributed by atoms with Crippen molar-refractivity contribution in [2.45, 2.75) is 12.3 Å². The third kappa shape index (κ3) is 3.99. The largest absolute Gasteiger partial charge is 0.416 e. The van der Waals surface area contributed by atoms with Crippen LogP contribution in [0.2, 0.25) is 0 Å². The number of carbonyl (C=O) groups excluding carboxylic acids is 1. The van der Waals surface area contributed by atoms with E-state index in [4.69, 9.17) is 5.11 Å². The molecule has 8 heteroatoms. The molecule has 1 heterocycles. The molecule has 0 aliphatic heterocycles. The highest BCUT2D eigenvalue weighted by atomic mass is 19.4. The van der Waals surface area contributed by atoms with E-state index in [0.717, 1.165) is 18.3 Å². The number of carbonyl (C=O) groups is 1. The number of aromatic nitrogens is 1. The third-order valence-corrected chi connectivity index (χ3v) is 1.82. The highest BCUT2D eigenvalue weighted by Gasteiger charge is 2.38. The fraction of sp³-hybridized carbons (Fsp3) is 0.333. The number of nitrogens with zero attached hydrogens (tertiary/aromatic N) is 1. The summed E-state index contributed by atoms with van der Waals surface area (Å²) in [5.41, 5.74) is -0.174. The highest BCUT2D eigenvalue weighted by molar-refractivity contribution is 5.93. The van der Waals surface area contributed by atoms with Crippen LogP contribution >= 0.6 is 0 Å². The van der Waals surface area contributed by atoms with Gasteiger partial charge in [0.1, 0.15) is 0 Å². The summed E-state index contributed by atoms with van der Waals surface area (Å²) < 4.78 is 48.3. The minimum absolute atomic E-state index is 0.174. The molecule has 1 aromatic rings. The van der Waals surface area contributed by atoms with Gasteiger partial charge in [0.05, 0.1) is 6.54 Å². The van der Waals surface area contributed by atoms with Crippen LogP contribution in [-0.4, -0.2) is 34.8 Å². The van der Waals surface area contributed by atoms with Gasteiger partial charge in [-0.05, 0) is 6.07 Å². The van der Waals surface area contributed by atoms with E-state index >= 15 is 0 Å². The fourth-order valence-electron chi connectivity index (χ4n) is 0.951. The quantitative estimate of drug-likeness (QED) is 0.620. The number of hydrogen-bond donors (Lipinski definition) is 2. The van der Waals surface area contributed by atoms with Crippen molar-refractivity contribution in [2.75, 3.05) is 6.54 Å². The molecule has 0 saturated carbocycles. The SMILES string of the molecule is O=C(NCC(O)C(F)(F)F)c1ccnc(F)c1. The van der Waals surface area contributed by atoms with Gasteiger partial charge in [0.25, 0.3) is 5.91 Å². The van der Waals surface area contributed by atoms with Crippen molar-refractivity contribution in [1.82, 2.24) is 10.3 Å². The summed E-state index contributed by atoms with van der Waals surface area (Å²) >= 11 is 0. The molecule has 4 nitrogen and oxygen atoms in total. The van der Waals surface area contributed by atoms with E-state index in [-0.39, 0.29) is 5.56 Å². The fourth-order valence-corrected chi connectivity index (χ4v) is 0.951. The molecule has 0 saturated heterocycles. The van der Waals surface area contributed by atoms with Crippen LogP contribution in [0.4, 0.5) is 17.6 Å². The van der Waals surface area contributed by atoms with Crippen LogP contribution in [0, 0.1) is 5.95 Å². The maximum Gasteiger partial charge on any atom is 0.416 e. The Bertz CT molecular complexity index is 408. The number of aliphatic hydroxyl groups is 1. The topological polar surface area (TPSA) is 62.2 Å². The Balaban J connectivity index is 2.57. The molecule has 17 heavy (non-hydrogen) atoms. The van der Waals surface area contributed by atoms with Crippen molar-refractivity contribution in [3.63, 3.8) is 0 Å². The van der Waals surface area contributed by atoms with Crippen molar-refractivity contribution in [3.05, 3.63) is 29.8 Å². The lowest BCUT2D eigenvalue weighted by atomic mass is 10.2. The molecule has 0 aliphatic rings. The Kier molecular flexibility index (Phi) is 4.00. The minimum atomic E-state index is -4.81. The molecular formula is C9H8F4N2O2. The molecule has 1 atom stereocenters. The maximum absolute atomic E-state index is 12.6. The van der Waals surface area contributed by atoms with E-state index in [2.05, 4.69) is 4.98 Å². The number of nitrogens with one attached hydrogen (secondary N) is 1. The zero-order valence-corrected chi connectivity index (χ0v) is 8.33. The van der Waals surface area contributed by atoms with Crippen LogP contribution < -0.4 is 5.32 Å². The number of amides is 1. The van der Waals surface area contributed by atoms with Gasteiger partial charge in [0.15, 0.2) is 6.10 Å². The van der Waals surface area contributed by atoms with Crippen molar-refractivity contribution in [2.24, 2.45) is 0 Å². The molecule has 2 N–H and O–H groups in total. The number of alkyl halides is 3. The summed E-state index contributed by atoms with van der Waals surface area (Å²) in [6.07, 6.45) is -6.46. The molecule has 94 valence electrons. The number of rotatable bonds is 3. The second kappa shape index (κ2) is 5.09. The molecular weight excluding hydrogens is 244 g/mol. The first-order chi connectivity index (χ1) is 7.80. The van der Waals surface area contributed by atoms with Gasteiger partial charge >= 0.3 is 6.18 Å². The zero-order valence-electron chi connectivity index (χ0n) is 8.33. The normalized spacial score (nSPS) is 13.2. The molecule has 1 unspecified atom stereocenters. The second-order valence-electron chi connectivity index (χ2n) is 3.13. The van der Waals surface area contributed by atoms with Crippen molar-refractivity contribution in [1.29, 1.82) is 0 Å². The molecule has 0 fully saturated rings. The van der Waals surface area contributed by atoms with E-state index in [9.17, 15) is 22.4 Å². The van der Waals surface area contributed by atoms with Crippen molar-refractivity contribution in [3.8, 4) is 0 Å². The molecule has 1 rings (SSSR count). The summed E-state index contributed by atoms with van der Waals surface area (Å²) in [5.74, 6) is -1.84. The highest BCUT2D eigenvalue weighted by Crippen LogP contribution is 2.19. The van der Waals surface area contributed by atoms with Gasteiger partial charge in [-0.1, -0.05) is 0 Å². The van der Waals surface area contributed by atoms with Crippen LogP contribution in [0.1, 0.15) is 10.4 Å². The monoisotopic (exact) mass is 252 g/mol. The molecule has 0 spiro atoms. The van der Waals surface area contributed by atoms with E-state index in [1.165, 1.54) is 0 Å². The van der Waals surface area contributed by atoms with Crippen LogP contribution in [0.3, 0.4) is 0 Å². The second-order valence-corrected chi connectivity index (χ2v) is 3.13. The van der Waals surface area contributed by atoms with Gasteiger partial charge < -0.3 is 10.4 Å². The minimum Gasteiger partial charge on any atom is -0.382 e. The summed E-state index contributed by atoms with van der Waals surface area (Å²) in [6.45, 7) is -0.994. The van der Waals surface area contributed by atoms with Crippen molar-refractivity contribution >= 4 is 5.91 Å². The lowest BCUT2D eigenvalue weighted by molar-refractivity contribution is -0.201. The maximum atomic E-state index is 12.6. The van der Waals surface area contributed by atoms with Crippen LogP contribution in [0.25, 0.3) is 0 Å². The van der Waals surface area contributed by atoms with Gasteiger partial charge in [-0.2, -0.15) is 17.6 Å². The third-order valence-electron chi connectivity index (χ3n) is 1.82. The number of pyridine rings is 1. The molecule has 1 aromatic heterocycles. The molecule has 0 aromatic carbocycles. The smallest absolute Gasteiger partial charge is 0.382 e. The molecule has 0 aliphatic carbocycles. The Labute approximate surface area is 93.3 Å². The standard InChI is InChI=1S/C9H8F4N2O2/c10-7-3-5(1-2-14-7)8(17)15-4-6(16)9(11,12)13/h1-3,6,16H,4H2,(H,15,17). The lowest BCUT2D eigenvalue weighted by Crippen LogP contribution is -2.40. The average Bonchev–Trinajstić information content (AvgIpc) is 2.24. The first-order valence-corrected chi connectivity index (χ1v) is 4.45. The molecule has 1 amide bonds. The van der Waals surface area contributed by atoms with Gasteiger partial charge in [-0.25, -0.2) is 4.98 Å². The van der Waals surface area contributed by atoms with E-state index in [1.54, 1.807) is 0 Å². The Hall–Kier alpha value is -1.70. The van der Waals surface area contributed by atoms with Crippen LogP contribution in [0.5, 0.6) is 0 Å². The average molecular weight is 252 g/mol. The summed E-state index contributed by atoms with van der Waals surface area (Å²) in [6, 6.07) is 1.91. The van der Waals surface area contributed by atoms with Crippen molar-refractivity contribution < 1.29 is 27.5 Å². The predicted octanol–water partition coefficient (Wildman–Crippen LogP) is 0.874. The molecule has 0 bridgehead atoms. The first kappa shape index (κ1) is 13.4.